The molecule has 2 aromatic rings. The van der Waals surface area contributed by atoms with Gasteiger partial charge in [-0.25, -0.2) is 4.79 Å². The first-order valence-electron chi connectivity index (χ1n) is 9.18. The third-order valence-corrected chi connectivity index (χ3v) is 4.67. The molecule has 0 spiro atoms. The van der Waals surface area contributed by atoms with Crippen LogP contribution in [0.25, 0.3) is 0 Å². The van der Waals surface area contributed by atoms with Gasteiger partial charge in [-0.1, -0.05) is 58.0 Å². The van der Waals surface area contributed by atoms with Crippen molar-refractivity contribution in [2.45, 2.75) is 46.1 Å². The van der Waals surface area contributed by atoms with Crippen LogP contribution < -0.4 is 15.5 Å². The molecule has 0 saturated heterocycles. The van der Waals surface area contributed by atoms with Crippen molar-refractivity contribution >= 4 is 17.4 Å². The normalized spacial score (nSPS) is 11.1. The predicted octanol–water partition coefficient (Wildman–Crippen LogP) is 5.08. The van der Waals surface area contributed by atoms with Gasteiger partial charge in [0.2, 0.25) is 0 Å². The molecule has 0 aromatic heterocycles. The molecule has 2 amide bonds. The fraction of sp³-hybridized carbons (Fsp3) is 0.409. The van der Waals surface area contributed by atoms with Crippen molar-refractivity contribution in [1.82, 2.24) is 0 Å². The van der Waals surface area contributed by atoms with Gasteiger partial charge in [0.25, 0.3) is 0 Å². The number of hydrogen-bond donors (Lipinski definition) is 1. The Kier molecular flexibility index (Phi) is 6.30. The summed E-state index contributed by atoms with van der Waals surface area (Å²) < 4.78 is 0. The van der Waals surface area contributed by atoms with Crippen LogP contribution in [-0.4, -0.2) is 20.1 Å². The van der Waals surface area contributed by atoms with Crippen LogP contribution in [0.15, 0.2) is 42.5 Å². The second kappa shape index (κ2) is 8.26. The molecular weight excluding hydrogens is 322 g/mol. The standard InChI is InChI=1S/C22H31N3O/c1-15(2)19-8-7-9-20(16(3)4)21(19)25(22(23)26)14-17-10-12-18(13-11-17)24(5)6/h7-13,15-16H,14H2,1-6H3,(H2,23,26). The molecule has 0 unspecified atom stereocenters. The number of carbonyl (C=O) groups is 1. The van der Waals surface area contributed by atoms with E-state index < -0.39 is 6.03 Å². The minimum absolute atomic E-state index is 0.307. The topological polar surface area (TPSA) is 49.6 Å². The van der Waals surface area contributed by atoms with E-state index in [1.165, 1.54) is 0 Å². The van der Waals surface area contributed by atoms with Crippen molar-refractivity contribution in [3.05, 3.63) is 59.2 Å². The van der Waals surface area contributed by atoms with Gasteiger partial charge < -0.3 is 10.6 Å². The van der Waals surface area contributed by atoms with Gasteiger partial charge >= 0.3 is 6.03 Å². The first-order valence-corrected chi connectivity index (χ1v) is 9.18. The molecule has 0 bridgehead atoms. The van der Waals surface area contributed by atoms with E-state index in [-0.39, 0.29) is 0 Å². The third kappa shape index (κ3) is 4.37. The Morgan fingerprint density at radius 2 is 1.42 bits per heavy atom. The maximum Gasteiger partial charge on any atom is 0.319 e. The maximum atomic E-state index is 12.4. The minimum Gasteiger partial charge on any atom is -0.378 e. The molecule has 2 N–H and O–H groups in total. The van der Waals surface area contributed by atoms with E-state index in [4.69, 9.17) is 5.73 Å². The van der Waals surface area contributed by atoms with Crippen LogP contribution in [0.2, 0.25) is 0 Å². The summed E-state index contributed by atoms with van der Waals surface area (Å²) in [5.74, 6) is 0.614. The maximum absolute atomic E-state index is 12.4. The zero-order chi connectivity index (χ0) is 19.4. The fourth-order valence-electron chi connectivity index (χ4n) is 3.17. The van der Waals surface area contributed by atoms with Crippen molar-refractivity contribution in [3.8, 4) is 0 Å². The van der Waals surface area contributed by atoms with E-state index in [0.29, 0.717) is 18.4 Å². The van der Waals surface area contributed by atoms with E-state index in [1.807, 2.05) is 14.1 Å². The minimum atomic E-state index is -0.420. The SMILES string of the molecule is CC(C)c1cccc(C(C)C)c1N(Cc1ccc(N(C)C)cc1)C(N)=O. The van der Waals surface area contributed by atoms with Crippen molar-refractivity contribution < 1.29 is 4.79 Å². The molecule has 0 fully saturated rings. The summed E-state index contributed by atoms with van der Waals surface area (Å²) in [6.45, 7) is 9.05. The first kappa shape index (κ1) is 19.8. The number of anilines is 2. The van der Waals surface area contributed by atoms with Crippen LogP contribution in [0.1, 0.15) is 56.2 Å². The Morgan fingerprint density at radius 3 is 1.81 bits per heavy atom. The van der Waals surface area contributed by atoms with Crippen LogP contribution in [0, 0.1) is 0 Å². The van der Waals surface area contributed by atoms with Gasteiger partial charge in [0.1, 0.15) is 0 Å². The lowest BCUT2D eigenvalue weighted by Crippen LogP contribution is -2.36. The Morgan fingerprint density at radius 1 is 0.923 bits per heavy atom. The Bertz CT molecular complexity index is 722. The van der Waals surface area contributed by atoms with Crippen molar-refractivity contribution in [2.24, 2.45) is 5.73 Å². The lowest BCUT2D eigenvalue weighted by molar-refractivity contribution is 0.253. The lowest BCUT2D eigenvalue weighted by Gasteiger charge is -2.29. The molecule has 0 aliphatic carbocycles. The van der Waals surface area contributed by atoms with Gasteiger partial charge in [-0.05, 0) is 40.7 Å². The van der Waals surface area contributed by atoms with E-state index >= 15 is 0 Å². The van der Waals surface area contributed by atoms with E-state index in [0.717, 1.165) is 28.1 Å². The number of hydrogen-bond acceptors (Lipinski definition) is 2. The molecule has 0 aliphatic rings. The highest BCUT2D eigenvalue weighted by Gasteiger charge is 2.23. The highest BCUT2D eigenvalue weighted by Crippen LogP contribution is 2.36. The monoisotopic (exact) mass is 353 g/mol. The van der Waals surface area contributed by atoms with Gasteiger partial charge in [-0.3, -0.25) is 4.90 Å². The molecule has 0 heterocycles. The molecule has 140 valence electrons. The van der Waals surface area contributed by atoms with Crippen molar-refractivity contribution in [3.63, 3.8) is 0 Å². The van der Waals surface area contributed by atoms with E-state index in [2.05, 4.69) is 75.1 Å². The van der Waals surface area contributed by atoms with E-state index in [1.54, 1.807) is 4.90 Å². The molecule has 26 heavy (non-hydrogen) atoms. The number of para-hydroxylation sites is 1. The molecule has 0 saturated carbocycles. The number of carbonyl (C=O) groups excluding carboxylic acids is 1. The van der Waals surface area contributed by atoms with Crippen LogP contribution in [0.5, 0.6) is 0 Å². The van der Waals surface area contributed by atoms with Gasteiger partial charge in [0.05, 0.1) is 12.2 Å². The molecule has 4 heteroatoms. The Balaban J connectivity index is 2.49. The van der Waals surface area contributed by atoms with Gasteiger partial charge in [-0.2, -0.15) is 0 Å². The van der Waals surface area contributed by atoms with Gasteiger partial charge in [0.15, 0.2) is 0 Å². The lowest BCUT2D eigenvalue weighted by atomic mass is 9.91. The Hall–Kier alpha value is -2.49. The Labute approximate surface area is 157 Å². The smallest absolute Gasteiger partial charge is 0.319 e. The zero-order valence-electron chi connectivity index (χ0n) is 16.8. The summed E-state index contributed by atoms with van der Waals surface area (Å²) in [6, 6.07) is 14.1. The van der Waals surface area contributed by atoms with Crippen LogP contribution >= 0.6 is 0 Å². The van der Waals surface area contributed by atoms with Gasteiger partial charge in [-0.15, -0.1) is 0 Å². The summed E-state index contributed by atoms with van der Waals surface area (Å²) in [6.07, 6.45) is 0. The molecule has 2 rings (SSSR count). The quantitative estimate of drug-likeness (QED) is 0.787. The number of rotatable bonds is 6. The van der Waals surface area contributed by atoms with Gasteiger partial charge in [0, 0.05) is 19.8 Å². The second-order valence-corrected chi connectivity index (χ2v) is 7.58. The van der Waals surface area contributed by atoms with Crippen LogP contribution in [0.3, 0.4) is 0 Å². The second-order valence-electron chi connectivity index (χ2n) is 7.58. The first-order chi connectivity index (χ1) is 12.2. The number of amides is 2. The van der Waals surface area contributed by atoms with E-state index in [9.17, 15) is 4.79 Å². The number of urea groups is 1. The van der Waals surface area contributed by atoms with Crippen molar-refractivity contribution in [2.75, 3.05) is 23.9 Å². The third-order valence-electron chi connectivity index (χ3n) is 4.67. The molecule has 0 aliphatic heterocycles. The molecule has 2 aromatic carbocycles. The van der Waals surface area contributed by atoms with Crippen LogP contribution in [-0.2, 0) is 6.54 Å². The average molecular weight is 354 g/mol. The predicted molar refractivity (Wildman–Crippen MR) is 111 cm³/mol. The van der Waals surface area contributed by atoms with Crippen LogP contribution in [0.4, 0.5) is 16.2 Å². The number of nitrogens with zero attached hydrogens (tertiary/aromatic N) is 2. The molecule has 0 atom stereocenters. The number of primary amides is 1. The highest BCUT2D eigenvalue weighted by atomic mass is 16.2. The summed E-state index contributed by atoms with van der Waals surface area (Å²) >= 11 is 0. The summed E-state index contributed by atoms with van der Waals surface area (Å²) in [5, 5.41) is 0. The molecule has 4 nitrogen and oxygen atoms in total. The summed E-state index contributed by atoms with van der Waals surface area (Å²) in [4.78, 5) is 16.1. The fourth-order valence-corrected chi connectivity index (χ4v) is 3.17. The summed E-state index contributed by atoms with van der Waals surface area (Å²) in [5.41, 5.74) is 11.3. The molecule has 0 radical (unpaired) electrons. The highest BCUT2D eigenvalue weighted by molar-refractivity contribution is 5.92. The number of benzene rings is 2. The van der Waals surface area contributed by atoms with Crippen molar-refractivity contribution in [1.29, 1.82) is 0 Å². The molecular formula is C22H31N3O. The zero-order valence-corrected chi connectivity index (χ0v) is 16.8. The average Bonchev–Trinajstić information content (AvgIpc) is 2.59. The number of nitrogens with two attached hydrogens (primary N) is 1. The summed E-state index contributed by atoms with van der Waals surface area (Å²) in [7, 11) is 4.02. The largest absolute Gasteiger partial charge is 0.378 e.